The van der Waals surface area contributed by atoms with Crippen LogP contribution in [0.2, 0.25) is 0 Å². The average Bonchev–Trinajstić information content (AvgIpc) is 2.65. The van der Waals surface area contributed by atoms with Crippen molar-refractivity contribution in [1.82, 2.24) is 0 Å². The molecule has 0 aliphatic carbocycles. The first-order valence-corrected chi connectivity index (χ1v) is 9.30. The lowest BCUT2D eigenvalue weighted by atomic mass is 9.88. The summed E-state index contributed by atoms with van der Waals surface area (Å²) in [4.78, 5) is 0. The van der Waals surface area contributed by atoms with Crippen LogP contribution in [0.1, 0.15) is 47.9 Å². The maximum atomic E-state index is 5.79. The molecule has 0 aliphatic rings. The minimum atomic E-state index is 0.474. The third-order valence-corrected chi connectivity index (χ3v) is 5.09. The van der Waals surface area contributed by atoms with E-state index in [9.17, 15) is 0 Å². The van der Waals surface area contributed by atoms with E-state index in [1.807, 2.05) is 24.3 Å². The molecular weight excluding hydrogens is 316 g/mol. The summed E-state index contributed by atoms with van der Waals surface area (Å²) in [5.41, 5.74) is 18.6. The monoisotopic (exact) mass is 344 g/mol. The van der Waals surface area contributed by atoms with Crippen molar-refractivity contribution in [3.05, 3.63) is 95.1 Å². The Morgan fingerprint density at radius 1 is 0.615 bits per heavy atom. The normalized spacial score (nSPS) is 13.3. The molecule has 0 aromatic heterocycles. The van der Waals surface area contributed by atoms with Crippen molar-refractivity contribution in [2.45, 2.75) is 38.5 Å². The highest BCUT2D eigenvalue weighted by molar-refractivity contribution is 5.41. The number of nitrogens with two attached hydrogens (primary N) is 2. The molecule has 0 aliphatic heterocycles. The molecule has 0 saturated heterocycles. The lowest BCUT2D eigenvalue weighted by molar-refractivity contribution is 0.735. The lowest BCUT2D eigenvalue weighted by Gasteiger charge is -2.17. The molecule has 0 spiro atoms. The van der Waals surface area contributed by atoms with Crippen molar-refractivity contribution < 1.29 is 0 Å². The molecule has 4 N–H and O–H groups in total. The number of rotatable bonds is 6. The van der Waals surface area contributed by atoms with E-state index in [1.165, 1.54) is 22.3 Å². The van der Waals surface area contributed by atoms with Crippen LogP contribution in [-0.2, 0) is 12.8 Å². The molecular formula is C24H28N2. The summed E-state index contributed by atoms with van der Waals surface area (Å²) >= 11 is 0. The Morgan fingerprint density at radius 3 is 1.38 bits per heavy atom. The highest BCUT2D eigenvalue weighted by atomic mass is 14.5. The van der Waals surface area contributed by atoms with Crippen molar-refractivity contribution in [3.8, 4) is 0 Å². The van der Waals surface area contributed by atoms with Gasteiger partial charge in [-0.25, -0.2) is 0 Å². The smallest absolute Gasteiger partial charge is 0.0314 e. The number of anilines is 2. The number of hydrogen-bond acceptors (Lipinski definition) is 2. The first kappa shape index (κ1) is 18.1. The molecule has 0 heterocycles. The Hall–Kier alpha value is -2.74. The molecule has 2 nitrogen and oxygen atoms in total. The second kappa shape index (κ2) is 8.09. The van der Waals surface area contributed by atoms with E-state index >= 15 is 0 Å². The zero-order valence-corrected chi connectivity index (χ0v) is 15.7. The van der Waals surface area contributed by atoms with Crippen molar-refractivity contribution in [2.24, 2.45) is 0 Å². The van der Waals surface area contributed by atoms with Crippen molar-refractivity contribution in [3.63, 3.8) is 0 Å². The fraction of sp³-hybridized carbons (Fsp3) is 0.250. The van der Waals surface area contributed by atoms with Gasteiger partial charge in [0.25, 0.3) is 0 Å². The quantitative estimate of drug-likeness (QED) is 0.577. The van der Waals surface area contributed by atoms with E-state index in [4.69, 9.17) is 11.5 Å². The number of nitrogen functional groups attached to an aromatic ring is 2. The summed E-state index contributed by atoms with van der Waals surface area (Å²) in [5.74, 6) is 0.949. The van der Waals surface area contributed by atoms with Gasteiger partial charge in [0, 0.05) is 11.4 Å². The summed E-state index contributed by atoms with van der Waals surface area (Å²) in [7, 11) is 0. The SMILES string of the molecule is CC(Cc1ccc(N)cc1)c1cccc(C(C)Cc2ccc(N)cc2)c1. The second-order valence-electron chi connectivity index (χ2n) is 7.36. The summed E-state index contributed by atoms with van der Waals surface area (Å²) in [6, 6.07) is 25.4. The Labute approximate surface area is 156 Å². The van der Waals surface area contributed by atoms with E-state index in [1.54, 1.807) is 0 Å². The van der Waals surface area contributed by atoms with Gasteiger partial charge in [0.15, 0.2) is 0 Å². The van der Waals surface area contributed by atoms with Gasteiger partial charge >= 0.3 is 0 Å². The fourth-order valence-electron chi connectivity index (χ4n) is 3.42. The molecule has 0 bridgehead atoms. The Balaban J connectivity index is 1.70. The fourth-order valence-corrected chi connectivity index (χ4v) is 3.42. The van der Waals surface area contributed by atoms with Gasteiger partial charge < -0.3 is 11.5 Å². The molecule has 2 unspecified atom stereocenters. The summed E-state index contributed by atoms with van der Waals surface area (Å²) < 4.78 is 0. The van der Waals surface area contributed by atoms with Crippen LogP contribution >= 0.6 is 0 Å². The molecule has 3 aromatic carbocycles. The Morgan fingerprint density at radius 2 is 1.00 bits per heavy atom. The Kier molecular flexibility index (Phi) is 5.62. The highest BCUT2D eigenvalue weighted by Gasteiger charge is 2.11. The molecule has 0 fully saturated rings. The van der Waals surface area contributed by atoms with Crippen LogP contribution in [0.15, 0.2) is 72.8 Å². The van der Waals surface area contributed by atoms with Gasteiger partial charge in [-0.3, -0.25) is 0 Å². The van der Waals surface area contributed by atoms with E-state index in [-0.39, 0.29) is 0 Å². The van der Waals surface area contributed by atoms with Gasteiger partial charge in [-0.05, 0) is 71.2 Å². The van der Waals surface area contributed by atoms with Gasteiger partial charge in [0.05, 0.1) is 0 Å². The number of hydrogen-bond donors (Lipinski definition) is 2. The van der Waals surface area contributed by atoms with Crippen molar-refractivity contribution in [2.75, 3.05) is 11.5 Å². The third kappa shape index (κ3) is 4.66. The standard InChI is InChI=1S/C24H28N2/c1-17(14-19-6-10-23(25)11-7-19)21-4-3-5-22(16-21)18(2)15-20-8-12-24(26)13-9-20/h3-13,16-18H,14-15,25-26H2,1-2H3. The van der Waals surface area contributed by atoms with Crippen LogP contribution in [0, 0.1) is 0 Å². The predicted molar refractivity (Wildman–Crippen MR) is 112 cm³/mol. The molecule has 26 heavy (non-hydrogen) atoms. The molecule has 0 radical (unpaired) electrons. The van der Waals surface area contributed by atoms with Gasteiger partial charge in [-0.1, -0.05) is 62.4 Å². The molecule has 3 aromatic rings. The maximum Gasteiger partial charge on any atom is 0.0314 e. The summed E-state index contributed by atoms with van der Waals surface area (Å²) in [6.45, 7) is 4.58. The van der Waals surface area contributed by atoms with Gasteiger partial charge in [-0.15, -0.1) is 0 Å². The van der Waals surface area contributed by atoms with Crippen LogP contribution in [0.3, 0.4) is 0 Å². The first-order valence-electron chi connectivity index (χ1n) is 9.30. The minimum Gasteiger partial charge on any atom is -0.399 e. The van der Waals surface area contributed by atoms with Gasteiger partial charge in [0.2, 0.25) is 0 Å². The van der Waals surface area contributed by atoms with Crippen LogP contribution in [0.25, 0.3) is 0 Å². The van der Waals surface area contributed by atoms with Crippen LogP contribution in [-0.4, -0.2) is 0 Å². The zero-order valence-electron chi connectivity index (χ0n) is 15.7. The van der Waals surface area contributed by atoms with Gasteiger partial charge in [-0.2, -0.15) is 0 Å². The Bertz CT molecular complexity index is 766. The molecule has 2 heteroatoms. The molecule has 0 amide bonds. The molecule has 0 saturated carbocycles. The lowest BCUT2D eigenvalue weighted by Crippen LogP contribution is -2.03. The summed E-state index contributed by atoms with van der Waals surface area (Å²) in [5, 5.41) is 0. The van der Waals surface area contributed by atoms with Crippen molar-refractivity contribution in [1.29, 1.82) is 0 Å². The van der Waals surface area contributed by atoms with E-state index in [2.05, 4.69) is 62.4 Å². The van der Waals surface area contributed by atoms with Crippen LogP contribution < -0.4 is 11.5 Å². The van der Waals surface area contributed by atoms with Gasteiger partial charge in [0.1, 0.15) is 0 Å². The van der Waals surface area contributed by atoms with E-state index in [0.29, 0.717) is 11.8 Å². The highest BCUT2D eigenvalue weighted by Crippen LogP contribution is 2.26. The predicted octanol–water partition coefficient (Wildman–Crippen LogP) is 5.54. The van der Waals surface area contributed by atoms with Crippen LogP contribution in [0.5, 0.6) is 0 Å². The van der Waals surface area contributed by atoms with E-state index in [0.717, 1.165) is 24.2 Å². The summed E-state index contributed by atoms with van der Waals surface area (Å²) in [6.07, 6.45) is 2.05. The zero-order chi connectivity index (χ0) is 18.5. The minimum absolute atomic E-state index is 0.474. The number of benzene rings is 3. The molecule has 3 rings (SSSR count). The van der Waals surface area contributed by atoms with E-state index < -0.39 is 0 Å². The second-order valence-corrected chi connectivity index (χ2v) is 7.36. The third-order valence-electron chi connectivity index (χ3n) is 5.09. The molecule has 2 atom stereocenters. The molecule has 134 valence electrons. The van der Waals surface area contributed by atoms with Crippen LogP contribution in [0.4, 0.5) is 11.4 Å². The topological polar surface area (TPSA) is 52.0 Å². The maximum absolute atomic E-state index is 5.79. The van der Waals surface area contributed by atoms with Crippen molar-refractivity contribution >= 4 is 11.4 Å². The first-order chi connectivity index (χ1) is 12.5. The largest absolute Gasteiger partial charge is 0.399 e. The average molecular weight is 345 g/mol.